The second-order valence-electron chi connectivity index (χ2n) is 4.96. The highest BCUT2D eigenvalue weighted by Gasteiger charge is 2.29. The largest absolute Gasteiger partial charge is 0.511 e. The van der Waals surface area contributed by atoms with Crippen LogP contribution in [0.5, 0.6) is 5.75 Å². The van der Waals surface area contributed by atoms with E-state index in [0.717, 1.165) is 32.6 Å². The summed E-state index contributed by atoms with van der Waals surface area (Å²) in [7, 11) is 0. The first-order valence-electron chi connectivity index (χ1n) is 7.39. The van der Waals surface area contributed by atoms with Crippen molar-refractivity contribution in [2.45, 2.75) is 19.8 Å². The maximum atomic E-state index is 11.5. The number of carbonyl (C=O) groups excluding carboxylic acids is 1. The molecule has 5 nitrogen and oxygen atoms in total. The van der Waals surface area contributed by atoms with Gasteiger partial charge in [0.15, 0.2) is 0 Å². The van der Waals surface area contributed by atoms with E-state index < -0.39 is 5.97 Å². The molecule has 1 aromatic carbocycles. The summed E-state index contributed by atoms with van der Waals surface area (Å²) < 4.78 is 5.03. The summed E-state index contributed by atoms with van der Waals surface area (Å²) in [6.45, 7) is 6.50. The Kier molecular flexibility index (Phi) is 5.78. The fourth-order valence-electron chi connectivity index (χ4n) is 2.26. The van der Waals surface area contributed by atoms with Crippen LogP contribution in [0.1, 0.15) is 25.3 Å². The molecule has 3 rings (SSSR count). The lowest BCUT2D eigenvalue weighted by Crippen LogP contribution is -2.39. The molecule has 114 valence electrons. The maximum absolute atomic E-state index is 11.5. The molecule has 0 spiro atoms. The summed E-state index contributed by atoms with van der Waals surface area (Å²) in [5.74, 6) is 0.190. The molecule has 0 aromatic heterocycles. The quantitative estimate of drug-likeness (QED) is 0.336. The van der Waals surface area contributed by atoms with Crippen molar-refractivity contribution >= 4 is 11.5 Å². The second-order valence-corrected chi connectivity index (χ2v) is 4.96. The van der Waals surface area contributed by atoms with Crippen LogP contribution in [0.3, 0.4) is 0 Å². The number of para-hydroxylation sites is 1. The Morgan fingerprint density at radius 3 is 2.38 bits per heavy atom. The van der Waals surface area contributed by atoms with Crippen LogP contribution >= 0.6 is 0 Å². The van der Waals surface area contributed by atoms with Crippen molar-refractivity contribution in [3.63, 3.8) is 0 Å². The van der Waals surface area contributed by atoms with E-state index in [0.29, 0.717) is 23.3 Å². The Balaban J connectivity index is 0.000000225. The zero-order valence-corrected chi connectivity index (χ0v) is 12.3. The highest BCUT2D eigenvalue weighted by Crippen LogP contribution is 2.35. The van der Waals surface area contributed by atoms with Crippen LogP contribution in [-0.4, -0.2) is 37.3 Å². The minimum Gasteiger partial charge on any atom is -0.511 e. The van der Waals surface area contributed by atoms with E-state index in [-0.39, 0.29) is 5.76 Å². The summed E-state index contributed by atoms with van der Waals surface area (Å²) in [4.78, 5) is 11.5. The van der Waals surface area contributed by atoms with E-state index in [1.54, 1.807) is 18.2 Å². The van der Waals surface area contributed by atoms with Crippen LogP contribution < -0.4 is 15.4 Å². The Morgan fingerprint density at radius 1 is 1.19 bits per heavy atom. The molecule has 2 heterocycles. The smallest absolute Gasteiger partial charge is 0.347 e. The number of fused-ring (bicyclic) bond motifs is 1. The van der Waals surface area contributed by atoms with E-state index in [4.69, 9.17) is 4.74 Å². The minimum atomic E-state index is -0.456. The standard InChI is InChI=1S/C12H12O3.C4H10N2/c1-2-5-9(13)11-8-6-3-4-7-10(8)15-12(11)14;1-2-6-4-3-5-1/h3-4,6-7,13H,2,5H2,1H3;5-6H,1-4H2/b11-9-;. The van der Waals surface area contributed by atoms with Gasteiger partial charge in [0, 0.05) is 38.2 Å². The zero-order valence-electron chi connectivity index (χ0n) is 12.3. The lowest BCUT2D eigenvalue weighted by Gasteiger charge is -2.11. The molecule has 0 unspecified atom stereocenters. The molecule has 0 aliphatic carbocycles. The number of nitrogens with one attached hydrogen (secondary N) is 2. The number of carbonyl (C=O) groups is 1. The Labute approximate surface area is 125 Å². The molecule has 21 heavy (non-hydrogen) atoms. The first-order valence-corrected chi connectivity index (χ1v) is 7.39. The van der Waals surface area contributed by atoms with Gasteiger partial charge in [-0.05, 0) is 12.5 Å². The number of piperazine rings is 1. The molecule has 1 aromatic rings. The predicted molar refractivity (Wildman–Crippen MR) is 82.3 cm³/mol. The first-order chi connectivity index (χ1) is 10.2. The van der Waals surface area contributed by atoms with Gasteiger partial charge in [-0.3, -0.25) is 0 Å². The monoisotopic (exact) mass is 290 g/mol. The van der Waals surface area contributed by atoms with Crippen molar-refractivity contribution in [3.8, 4) is 5.75 Å². The van der Waals surface area contributed by atoms with Crippen LogP contribution in [0.2, 0.25) is 0 Å². The maximum Gasteiger partial charge on any atom is 0.347 e. The number of esters is 1. The second kappa shape index (κ2) is 7.81. The van der Waals surface area contributed by atoms with Crippen LogP contribution in [-0.2, 0) is 4.79 Å². The van der Waals surface area contributed by atoms with Gasteiger partial charge in [-0.1, -0.05) is 25.1 Å². The molecule has 0 atom stereocenters. The number of aliphatic hydroxyl groups is 1. The molecule has 0 amide bonds. The van der Waals surface area contributed by atoms with Crippen molar-refractivity contribution in [3.05, 3.63) is 35.6 Å². The number of allylic oxidation sites excluding steroid dienone is 1. The molecule has 3 N–H and O–H groups in total. The summed E-state index contributed by atoms with van der Waals surface area (Å²) in [5, 5.41) is 16.2. The molecule has 0 radical (unpaired) electrons. The van der Waals surface area contributed by atoms with Crippen molar-refractivity contribution in [2.24, 2.45) is 0 Å². The third kappa shape index (κ3) is 4.06. The molecule has 2 aliphatic rings. The van der Waals surface area contributed by atoms with Gasteiger partial charge in [0.05, 0.1) is 0 Å². The number of ether oxygens (including phenoxy) is 1. The summed E-state index contributed by atoms with van der Waals surface area (Å²) in [5.41, 5.74) is 1.00. The minimum absolute atomic E-state index is 0.118. The summed E-state index contributed by atoms with van der Waals surface area (Å²) in [6.07, 6.45) is 1.30. The van der Waals surface area contributed by atoms with Gasteiger partial charge in [-0.2, -0.15) is 0 Å². The highest BCUT2D eigenvalue weighted by atomic mass is 16.5. The fourth-order valence-corrected chi connectivity index (χ4v) is 2.26. The van der Waals surface area contributed by atoms with Crippen LogP contribution in [0.15, 0.2) is 30.0 Å². The van der Waals surface area contributed by atoms with Gasteiger partial charge in [0.25, 0.3) is 0 Å². The number of hydrogen-bond donors (Lipinski definition) is 3. The molecule has 1 fully saturated rings. The lowest BCUT2D eigenvalue weighted by molar-refractivity contribution is -0.127. The molecule has 1 saturated heterocycles. The first kappa shape index (κ1) is 15.5. The van der Waals surface area contributed by atoms with Crippen LogP contribution in [0, 0.1) is 0 Å². The fraction of sp³-hybridized carbons (Fsp3) is 0.438. The van der Waals surface area contributed by atoms with Crippen molar-refractivity contribution in [1.29, 1.82) is 0 Å². The van der Waals surface area contributed by atoms with Crippen molar-refractivity contribution < 1.29 is 14.6 Å². The molecule has 5 heteroatoms. The van der Waals surface area contributed by atoms with Crippen molar-refractivity contribution in [1.82, 2.24) is 10.6 Å². The van der Waals surface area contributed by atoms with E-state index in [1.165, 1.54) is 0 Å². The molecule has 2 aliphatic heterocycles. The van der Waals surface area contributed by atoms with Gasteiger partial charge >= 0.3 is 5.97 Å². The highest BCUT2D eigenvalue weighted by molar-refractivity contribution is 6.22. The van der Waals surface area contributed by atoms with E-state index in [1.807, 2.05) is 13.0 Å². The van der Waals surface area contributed by atoms with Crippen molar-refractivity contribution in [2.75, 3.05) is 26.2 Å². The number of rotatable bonds is 2. The molecule has 0 saturated carbocycles. The van der Waals surface area contributed by atoms with E-state index >= 15 is 0 Å². The number of benzene rings is 1. The van der Waals surface area contributed by atoms with E-state index in [2.05, 4.69) is 10.6 Å². The van der Waals surface area contributed by atoms with Gasteiger partial charge in [0.1, 0.15) is 17.1 Å². The van der Waals surface area contributed by atoms with Crippen LogP contribution in [0.25, 0.3) is 5.57 Å². The third-order valence-electron chi connectivity index (χ3n) is 3.30. The topological polar surface area (TPSA) is 70.6 Å². The zero-order chi connectivity index (χ0) is 15.1. The lowest BCUT2D eigenvalue weighted by atomic mass is 10.0. The molecular formula is C16H22N2O3. The summed E-state index contributed by atoms with van der Waals surface area (Å²) >= 11 is 0. The van der Waals surface area contributed by atoms with Gasteiger partial charge < -0.3 is 20.5 Å². The third-order valence-corrected chi connectivity index (χ3v) is 3.30. The summed E-state index contributed by atoms with van der Waals surface area (Å²) in [6, 6.07) is 7.12. The average Bonchev–Trinajstić information content (AvgIpc) is 2.85. The number of hydrogen-bond acceptors (Lipinski definition) is 5. The normalized spacial score (nSPS) is 19.2. The van der Waals surface area contributed by atoms with Gasteiger partial charge in [-0.25, -0.2) is 4.79 Å². The SMILES string of the molecule is C1CNCCN1.CCC/C(O)=C1/C(=O)Oc2ccccc21. The predicted octanol–water partition coefficient (Wildman–Crippen LogP) is 1.85. The van der Waals surface area contributed by atoms with E-state index in [9.17, 15) is 9.90 Å². The Hall–Kier alpha value is -1.85. The van der Waals surface area contributed by atoms with Crippen LogP contribution in [0.4, 0.5) is 0 Å². The van der Waals surface area contributed by atoms with Gasteiger partial charge in [-0.15, -0.1) is 0 Å². The van der Waals surface area contributed by atoms with Gasteiger partial charge in [0.2, 0.25) is 0 Å². The average molecular weight is 290 g/mol. The Morgan fingerprint density at radius 2 is 1.81 bits per heavy atom. The Bertz CT molecular complexity index is 510. The molecule has 0 bridgehead atoms. The number of aliphatic hydroxyl groups excluding tert-OH is 1. The molecular weight excluding hydrogens is 268 g/mol.